The summed E-state index contributed by atoms with van der Waals surface area (Å²) >= 11 is 0. The van der Waals surface area contributed by atoms with Gasteiger partial charge in [0.05, 0.1) is 7.11 Å². The van der Waals surface area contributed by atoms with Crippen LogP contribution in [-0.4, -0.2) is 27.2 Å². The lowest BCUT2D eigenvalue weighted by molar-refractivity contribution is -0.129. The number of rotatable bonds is 4. The number of benzene rings is 2. The molecule has 0 radical (unpaired) electrons. The van der Waals surface area contributed by atoms with Gasteiger partial charge in [-0.1, -0.05) is 38.1 Å². The quantitative estimate of drug-likeness (QED) is 0.259. The summed E-state index contributed by atoms with van der Waals surface area (Å²) in [6, 6.07) is 16.0. The molecule has 6 heteroatoms. The second-order valence-electron chi connectivity index (χ2n) is 5.94. The molecule has 1 aromatic heterocycles. The Morgan fingerprint density at radius 2 is 1.70 bits per heavy atom. The second-order valence-corrected chi connectivity index (χ2v) is 5.94. The van der Waals surface area contributed by atoms with Crippen LogP contribution in [0.15, 0.2) is 76.0 Å². The minimum absolute atomic E-state index is 0.302. The van der Waals surface area contributed by atoms with Gasteiger partial charge in [0, 0.05) is 43.4 Å². The molecule has 3 aromatic rings. The number of allylic oxidation sites excluding steroid dienone is 1. The maximum absolute atomic E-state index is 11.4. The first-order valence-electron chi connectivity index (χ1n) is 9.63. The molecule has 6 nitrogen and oxygen atoms in total. The topological polar surface area (TPSA) is 69.0 Å². The molecule has 0 spiro atoms. The largest absolute Gasteiger partial charge is 0.493 e. The summed E-state index contributed by atoms with van der Waals surface area (Å²) in [7, 11) is 5.37. The number of carbonyl (C=O) groups excluding carboxylic acids is 1. The van der Waals surface area contributed by atoms with E-state index in [1.807, 2.05) is 57.1 Å². The number of para-hydroxylation sites is 1. The van der Waals surface area contributed by atoms with Crippen LogP contribution in [0.3, 0.4) is 0 Å². The zero-order valence-electron chi connectivity index (χ0n) is 18.3. The Morgan fingerprint density at radius 1 is 1.00 bits per heavy atom. The van der Waals surface area contributed by atoms with E-state index in [-0.39, 0.29) is 5.63 Å². The predicted octanol–water partition coefficient (Wildman–Crippen LogP) is 5.06. The van der Waals surface area contributed by atoms with Crippen molar-refractivity contribution in [3.63, 3.8) is 0 Å². The average molecular weight is 411 g/mol. The van der Waals surface area contributed by atoms with Crippen LogP contribution in [0, 0.1) is 0 Å². The third kappa shape index (κ3) is 7.47. The van der Waals surface area contributed by atoms with Gasteiger partial charge in [-0.15, -0.1) is 0 Å². The summed E-state index contributed by atoms with van der Waals surface area (Å²) in [6.07, 6.45) is 2.99. The highest BCUT2D eigenvalue weighted by atomic mass is 16.6. The number of nitrogens with zero attached hydrogens (tertiary/aromatic N) is 1. The van der Waals surface area contributed by atoms with Crippen LogP contribution >= 0.6 is 0 Å². The molecule has 2 aromatic carbocycles. The lowest BCUT2D eigenvalue weighted by Crippen LogP contribution is -2.10. The van der Waals surface area contributed by atoms with Gasteiger partial charge in [-0.25, -0.2) is 9.59 Å². The number of ether oxygens (including phenoxy) is 2. The van der Waals surface area contributed by atoms with Gasteiger partial charge in [0.25, 0.3) is 0 Å². The van der Waals surface area contributed by atoms with Crippen LogP contribution in [0.1, 0.15) is 20.8 Å². The van der Waals surface area contributed by atoms with Gasteiger partial charge >= 0.3 is 11.6 Å². The molecule has 3 rings (SSSR count). The van der Waals surface area contributed by atoms with E-state index in [0.717, 1.165) is 11.1 Å². The fourth-order valence-electron chi connectivity index (χ4n) is 2.31. The molecule has 0 bridgehead atoms. The van der Waals surface area contributed by atoms with E-state index in [1.165, 1.54) is 19.3 Å². The smallest absolute Gasteiger partial charge is 0.336 e. The van der Waals surface area contributed by atoms with Crippen LogP contribution in [0.2, 0.25) is 0 Å². The average Bonchev–Trinajstić information content (AvgIpc) is 2.75. The minimum Gasteiger partial charge on any atom is -0.493 e. The molecule has 30 heavy (non-hydrogen) atoms. The maximum Gasteiger partial charge on any atom is 0.336 e. The Balaban J connectivity index is 0.000000296. The summed E-state index contributed by atoms with van der Waals surface area (Å²) in [5.41, 5.74) is 1.28. The minimum atomic E-state index is -0.415. The first kappa shape index (κ1) is 24.5. The van der Waals surface area contributed by atoms with E-state index in [0.29, 0.717) is 17.1 Å². The van der Waals surface area contributed by atoms with Crippen molar-refractivity contribution in [2.45, 2.75) is 20.8 Å². The molecule has 0 aliphatic rings. The number of carbonyl (C=O) groups is 1. The highest BCUT2D eigenvalue weighted by molar-refractivity contribution is 5.84. The molecule has 0 unspecified atom stereocenters. The Morgan fingerprint density at radius 3 is 2.33 bits per heavy atom. The van der Waals surface area contributed by atoms with Crippen molar-refractivity contribution in [2.75, 3.05) is 26.1 Å². The molecule has 0 saturated heterocycles. The van der Waals surface area contributed by atoms with E-state index in [1.54, 1.807) is 37.3 Å². The Kier molecular flexibility index (Phi) is 10.5. The van der Waals surface area contributed by atoms with E-state index >= 15 is 0 Å². The molecule has 0 fully saturated rings. The van der Waals surface area contributed by atoms with Crippen molar-refractivity contribution in [3.05, 3.63) is 77.2 Å². The molecule has 0 atom stereocenters. The van der Waals surface area contributed by atoms with Crippen molar-refractivity contribution in [3.8, 4) is 11.5 Å². The molecule has 0 saturated carbocycles. The van der Waals surface area contributed by atoms with Crippen LogP contribution in [0.4, 0.5) is 5.69 Å². The van der Waals surface area contributed by atoms with Gasteiger partial charge in [0.1, 0.15) is 5.58 Å². The molecular weight excluding hydrogens is 382 g/mol. The third-order valence-corrected chi connectivity index (χ3v) is 3.71. The van der Waals surface area contributed by atoms with Crippen LogP contribution in [-0.2, 0) is 4.79 Å². The van der Waals surface area contributed by atoms with Gasteiger partial charge in [-0.3, -0.25) is 0 Å². The molecule has 0 aliphatic heterocycles. The van der Waals surface area contributed by atoms with Gasteiger partial charge < -0.3 is 18.8 Å². The summed E-state index contributed by atoms with van der Waals surface area (Å²) in [6.45, 7) is 5.76. The Bertz CT molecular complexity index is 1020. The van der Waals surface area contributed by atoms with Crippen molar-refractivity contribution < 1.29 is 18.7 Å². The first-order chi connectivity index (χ1) is 14.4. The fourth-order valence-corrected chi connectivity index (χ4v) is 2.31. The lowest BCUT2D eigenvalue weighted by Gasteiger charge is -2.15. The number of hydrogen-bond donors (Lipinski definition) is 0. The predicted molar refractivity (Wildman–Crippen MR) is 122 cm³/mol. The second kappa shape index (κ2) is 12.8. The summed E-state index contributed by atoms with van der Waals surface area (Å²) in [5.74, 6) is 0.539. The monoisotopic (exact) mass is 411 g/mol. The zero-order valence-corrected chi connectivity index (χ0v) is 18.3. The first-order valence-corrected chi connectivity index (χ1v) is 9.63. The van der Waals surface area contributed by atoms with Crippen LogP contribution in [0.25, 0.3) is 11.0 Å². The molecule has 0 aliphatic carbocycles. The van der Waals surface area contributed by atoms with Gasteiger partial charge in [0.2, 0.25) is 0 Å². The highest BCUT2D eigenvalue weighted by Gasteiger charge is 2.09. The molecule has 0 N–H and O–H groups in total. The van der Waals surface area contributed by atoms with Crippen molar-refractivity contribution >= 4 is 22.6 Å². The Labute approximate surface area is 177 Å². The summed E-state index contributed by atoms with van der Waals surface area (Å²) in [4.78, 5) is 24.0. The van der Waals surface area contributed by atoms with E-state index < -0.39 is 5.97 Å². The highest BCUT2D eigenvalue weighted by Crippen LogP contribution is 2.31. The van der Waals surface area contributed by atoms with Gasteiger partial charge in [-0.05, 0) is 31.2 Å². The zero-order chi connectivity index (χ0) is 22.5. The van der Waals surface area contributed by atoms with E-state index in [4.69, 9.17) is 13.9 Å². The van der Waals surface area contributed by atoms with Crippen molar-refractivity contribution in [1.82, 2.24) is 0 Å². The normalized spacial score (nSPS) is 9.80. The maximum atomic E-state index is 11.4. The molecule has 1 heterocycles. The number of fused-ring (bicyclic) bond motifs is 1. The van der Waals surface area contributed by atoms with Crippen molar-refractivity contribution in [2.24, 2.45) is 0 Å². The van der Waals surface area contributed by atoms with E-state index in [2.05, 4.69) is 0 Å². The lowest BCUT2D eigenvalue weighted by atomic mass is 10.2. The number of anilines is 1. The number of methoxy groups -OCH3 is 1. The molecule has 0 amide bonds. The summed E-state index contributed by atoms with van der Waals surface area (Å²) < 4.78 is 15.2. The third-order valence-electron chi connectivity index (χ3n) is 3.71. The van der Waals surface area contributed by atoms with E-state index in [9.17, 15) is 9.59 Å². The fraction of sp³-hybridized carbons (Fsp3) is 0.250. The van der Waals surface area contributed by atoms with Crippen LogP contribution in [0.5, 0.6) is 11.5 Å². The van der Waals surface area contributed by atoms with Gasteiger partial charge in [-0.2, -0.15) is 0 Å². The standard InChI is InChI=1S/C13H17NO3.C9H6O2.C2H6/c1-5-6-13(15)17-12-9-10(14(2)3)7-8-11(12)16-4;10-9-6-5-7-3-1-2-4-8(7)11-9;1-2/h5-9H,1-4H3;1-6H;1-2H3/b6-5+;;. The Hall–Kier alpha value is -3.54. The van der Waals surface area contributed by atoms with Crippen LogP contribution < -0.4 is 20.0 Å². The van der Waals surface area contributed by atoms with Gasteiger partial charge in [0.15, 0.2) is 11.5 Å². The molecule has 160 valence electrons. The SMILES string of the molecule is C/C=C/C(=O)Oc1cc(N(C)C)ccc1OC.CC.O=c1ccc2ccccc2o1. The number of esters is 1. The molecular formula is C24H29NO5. The number of hydrogen-bond acceptors (Lipinski definition) is 6. The summed E-state index contributed by atoms with van der Waals surface area (Å²) in [5, 5.41) is 0.951. The van der Waals surface area contributed by atoms with Crippen molar-refractivity contribution in [1.29, 1.82) is 0 Å².